The van der Waals surface area contributed by atoms with E-state index in [0.29, 0.717) is 22.8 Å². The van der Waals surface area contributed by atoms with Crippen molar-refractivity contribution in [2.75, 3.05) is 13.7 Å². The Morgan fingerprint density at radius 3 is 2.36 bits per heavy atom. The van der Waals surface area contributed by atoms with Crippen LogP contribution in [-0.4, -0.2) is 26.0 Å². The maximum atomic E-state index is 12.0. The monoisotopic (exact) mass is 338 g/mol. The summed E-state index contributed by atoms with van der Waals surface area (Å²) in [5, 5.41) is 0. The maximum Gasteiger partial charge on any atom is 0.337 e. The lowest BCUT2D eigenvalue weighted by atomic mass is 10.0. The molecule has 0 aliphatic heterocycles. The zero-order chi connectivity index (χ0) is 18.2. The van der Waals surface area contributed by atoms with Gasteiger partial charge in [-0.05, 0) is 35.3 Å². The molecule has 0 fully saturated rings. The van der Waals surface area contributed by atoms with Gasteiger partial charge in [0, 0.05) is 0 Å². The van der Waals surface area contributed by atoms with Gasteiger partial charge in [0.05, 0.1) is 18.2 Å². The van der Waals surface area contributed by atoms with Gasteiger partial charge in [-0.2, -0.15) is 0 Å². The first-order valence-corrected chi connectivity index (χ1v) is 8.11. The molecule has 0 aliphatic rings. The molecule has 0 unspecified atom stereocenters. The van der Waals surface area contributed by atoms with Gasteiger partial charge in [-0.3, -0.25) is 4.79 Å². The lowest BCUT2D eigenvalue weighted by molar-refractivity contribution is -0.136. The average Bonchev–Trinajstić information content (AvgIpc) is 2.65. The van der Waals surface area contributed by atoms with Crippen molar-refractivity contribution in [2.24, 2.45) is 0 Å². The van der Waals surface area contributed by atoms with Gasteiger partial charge in [0.2, 0.25) is 0 Å². The van der Waals surface area contributed by atoms with Gasteiger partial charge in [0.15, 0.2) is 6.29 Å². The molecule has 0 aliphatic carbocycles. The minimum atomic E-state index is -0.462. The van der Waals surface area contributed by atoms with Crippen LogP contribution >= 0.6 is 0 Å². The maximum absolute atomic E-state index is 12.0. The molecule has 0 radical (unpaired) electrons. The highest BCUT2D eigenvalue weighted by molar-refractivity contribution is 5.94. The normalized spacial score (nSPS) is 11.3. The van der Waals surface area contributed by atoms with E-state index in [1.165, 1.54) is 12.7 Å². The number of benzene rings is 2. The predicted octanol–water partition coefficient (Wildman–Crippen LogP) is 4.26. The van der Waals surface area contributed by atoms with Crippen molar-refractivity contribution in [1.82, 2.24) is 0 Å². The third-order valence-electron chi connectivity index (χ3n) is 3.82. The number of carbonyl (C=O) groups excluding carboxylic acids is 2. The Morgan fingerprint density at radius 1 is 1.08 bits per heavy atom. The molecule has 0 N–H and O–H groups in total. The molecule has 0 atom stereocenters. The topological polar surface area (TPSA) is 52.6 Å². The number of esters is 1. The van der Waals surface area contributed by atoms with Crippen LogP contribution in [0.5, 0.6) is 5.75 Å². The fourth-order valence-corrected chi connectivity index (χ4v) is 2.33. The molecule has 4 heteroatoms. The Kier molecular flexibility index (Phi) is 6.52. The van der Waals surface area contributed by atoms with Crippen molar-refractivity contribution in [3.63, 3.8) is 0 Å². The minimum Gasteiger partial charge on any atom is -0.488 e. The van der Waals surface area contributed by atoms with Crippen molar-refractivity contribution in [3.8, 4) is 5.75 Å². The standard InChI is InChI=1S/C21H22O4/c1-15(2)17-10-8-16(9-11-17)12-19(21(23)24-3)14-25-20-7-5-4-6-18(20)13-22/h4-13,15H,14H2,1-3H3/b19-12+. The van der Waals surface area contributed by atoms with Crippen LogP contribution in [0.4, 0.5) is 0 Å². The van der Waals surface area contributed by atoms with Crippen LogP contribution in [0, 0.1) is 0 Å². The van der Waals surface area contributed by atoms with E-state index in [1.54, 1.807) is 30.3 Å². The number of para-hydroxylation sites is 1. The first-order chi connectivity index (χ1) is 12.0. The molecule has 0 heterocycles. The number of rotatable bonds is 7. The Hall–Kier alpha value is -2.88. The molecule has 0 saturated carbocycles. The molecular weight excluding hydrogens is 316 g/mol. The summed E-state index contributed by atoms with van der Waals surface area (Å²) in [5.74, 6) is 0.417. The lowest BCUT2D eigenvalue weighted by Gasteiger charge is -2.11. The third-order valence-corrected chi connectivity index (χ3v) is 3.82. The molecule has 0 spiro atoms. The first kappa shape index (κ1) is 18.5. The van der Waals surface area contributed by atoms with Crippen LogP contribution in [0.2, 0.25) is 0 Å². The quantitative estimate of drug-likeness (QED) is 0.430. The third kappa shape index (κ3) is 5.05. The summed E-state index contributed by atoms with van der Waals surface area (Å²) < 4.78 is 10.5. The number of ether oxygens (including phenoxy) is 2. The predicted molar refractivity (Wildman–Crippen MR) is 97.8 cm³/mol. The van der Waals surface area contributed by atoms with Crippen molar-refractivity contribution in [2.45, 2.75) is 19.8 Å². The summed E-state index contributed by atoms with van der Waals surface area (Å²) in [6.07, 6.45) is 2.46. The molecule has 0 saturated heterocycles. The first-order valence-electron chi connectivity index (χ1n) is 8.11. The summed E-state index contributed by atoms with van der Waals surface area (Å²) in [6.45, 7) is 4.27. The van der Waals surface area contributed by atoms with Gasteiger partial charge in [0.25, 0.3) is 0 Å². The van der Waals surface area contributed by atoms with Crippen molar-refractivity contribution < 1.29 is 19.1 Å². The van der Waals surface area contributed by atoms with Crippen molar-refractivity contribution in [3.05, 3.63) is 70.8 Å². The molecular formula is C21H22O4. The molecule has 0 aromatic heterocycles. The summed E-state index contributed by atoms with van der Waals surface area (Å²) >= 11 is 0. The second kappa shape index (κ2) is 8.83. The van der Waals surface area contributed by atoms with Crippen molar-refractivity contribution in [1.29, 1.82) is 0 Å². The van der Waals surface area contributed by atoms with E-state index < -0.39 is 5.97 Å². The molecule has 130 valence electrons. The fourth-order valence-electron chi connectivity index (χ4n) is 2.33. The van der Waals surface area contributed by atoms with Gasteiger partial charge < -0.3 is 9.47 Å². The summed E-state index contributed by atoms with van der Waals surface area (Å²) in [4.78, 5) is 23.1. The van der Waals surface area contributed by atoms with Crippen LogP contribution < -0.4 is 4.74 Å². The molecule has 25 heavy (non-hydrogen) atoms. The second-order valence-corrected chi connectivity index (χ2v) is 5.93. The Morgan fingerprint density at radius 2 is 1.76 bits per heavy atom. The Balaban J connectivity index is 2.21. The van der Waals surface area contributed by atoms with Gasteiger partial charge in [-0.25, -0.2) is 4.79 Å². The van der Waals surface area contributed by atoms with Gasteiger partial charge >= 0.3 is 5.97 Å². The zero-order valence-electron chi connectivity index (χ0n) is 14.7. The summed E-state index contributed by atoms with van der Waals surface area (Å²) in [5.41, 5.74) is 2.93. The van der Waals surface area contributed by atoms with E-state index in [-0.39, 0.29) is 6.61 Å². The largest absolute Gasteiger partial charge is 0.488 e. The number of carbonyl (C=O) groups is 2. The molecule has 2 aromatic rings. The average molecular weight is 338 g/mol. The van der Waals surface area contributed by atoms with E-state index in [1.807, 2.05) is 24.3 Å². The van der Waals surface area contributed by atoms with Gasteiger partial charge in [-0.15, -0.1) is 0 Å². The van der Waals surface area contributed by atoms with Crippen molar-refractivity contribution >= 4 is 18.3 Å². The number of hydrogen-bond acceptors (Lipinski definition) is 4. The molecule has 0 bridgehead atoms. The lowest BCUT2D eigenvalue weighted by Crippen LogP contribution is -2.13. The molecule has 4 nitrogen and oxygen atoms in total. The van der Waals surface area contributed by atoms with Crippen LogP contribution in [0.25, 0.3) is 6.08 Å². The molecule has 0 amide bonds. The highest BCUT2D eigenvalue weighted by atomic mass is 16.5. The molecule has 2 aromatic carbocycles. The Bertz CT molecular complexity index is 758. The van der Waals surface area contributed by atoms with Crippen LogP contribution in [-0.2, 0) is 9.53 Å². The summed E-state index contributed by atoms with van der Waals surface area (Å²) in [7, 11) is 1.33. The van der Waals surface area contributed by atoms with E-state index >= 15 is 0 Å². The van der Waals surface area contributed by atoms with Gasteiger partial charge in [0.1, 0.15) is 12.4 Å². The number of aldehydes is 1. The van der Waals surface area contributed by atoms with Crippen LogP contribution in [0.1, 0.15) is 41.3 Å². The van der Waals surface area contributed by atoms with E-state index in [9.17, 15) is 9.59 Å². The zero-order valence-corrected chi connectivity index (χ0v) is 14.7. The Labute approximate surface area is 148 Å². The second-order valence-electron chi connectivity index (χ2n) is 5.93. The number of hydrogen-bond donors (Lipinski definition) is 0. The minimum absolute atomic E-state index is 0.0173. The highest BCUT2D eigenvalue weighted by Gasteiger charge is 2.12. The van der Waals surface area contributed by atoms with E-state index in [4.69, 9.17) is 9.47 Å². The van der Waals surface area contributed by atoms with Crippen LogP contribution in [0.3, 0.4) is 0 Å². The molecule has 2 rings (SSSR count). The van der Waals surface area contributed by atoms with E-state index in [2.05, 4.69) is 13.8 Å². The number of methoxy groups -OCH3 is 1. The fraction of sp³-hybridized carbons (Fsp3) is 0.238. The van der Waals surface area contributed by atoms with Crippen LogP contribution in [0.15, 0.2) is 54.1 Å². The van der Waals surface area contributed by atoms with E-state index in [0.717, 1.165) is 11.8 Å². The smallest absolute Gasteiger partial charge is 0.337 e. The summed E-state index contributed by atoms with van der Waals surface area (Å²) in [6, 6.07) is 14.9. The van der Waals surface area contributed by atoms with Gasteiger partial charge in [-0.1, -0.05) is 50.2 Å². The SMILES string of the molecule is COC(=O)/C(=C/c1ccc(C(C)C)cc1)COc1ccccc1C=O. The highest BCUT2D eigenvalue weighted by Crippen LogP contribution is 2.19.